The molecule has 0 radical (unpaired) electrons. The maximum absolute atomic E-state index is 11.6. The fraction of sp³-hybridized carbons (Fsp3) is 0.556. The van der Waals surface area contributed by atoms with Crippen molar-refractivity contribution < 1.29 is 14.6 Å². The van der Waals surface area contributed by atoms with E-state index in [2.05, 4.69) is 4.98 Å². The van der Waals surface area contributed by atoms with Gasteiger partial charge in [-0.25, -0.2) is 4.79 Å². The Morgan fingerprint density at radius 3 is 2.82 bits per heavy atom. The lowest BCUT2D eigenvalue weighted by Crippen LogP contribution is -2.41. The first-order valence-corrected chi connectivity index (χ1v) is 6.04. The number of aromatic amines is 1. The van der Waals surface area contributed by atoms with Crippen molar-refractivity contribution in [2.45, 2.75) is 12.3 Å². The third-order valence-electron chi connectivity index (χ3n) is 2.39. The highest BCUT2D eigenvalue weighted by Gasteiger charge is 2.24. The number of hydrogen-bond donors (Lipinski definition) is 2. The molecular weight excluding hydrogens is 343 g/mol. The fourth-order valence-electron chi connectivity index (χ4n) is 1.47. The maximum Gasteiger partial charge on any atom is 0.330 e. The van der Waals surface area contributed by atoms with Crippen molar-refractivity contribution in [1.82, 2.24) is 9.55 Å². The standard InChI is InChI=1S/C9H11IN2O5/c10-6-1-12(9(15)11-8(6)14)7-4-16-5(2-13)3-17-7/h1,5,7,13H,2-4H2,(H,11,14,15). The Kier molecular flexibility index (Phi) is 3.97. The first-order valence-electron chi connectivity index (χ1n) is 4.97. The SMILES string of the molecule is O=c1[nH]c(=O)n(C2COC(CO)CO2)cc1I. The highest BCUT2D eigenvalue weighted by atomic mass is 127. The van der Waals surface area contributed by atoms with Gasteiger partial charge in [0.25, 0.3) is 5.56 Å². The van der Waals surface area contributed by atoms with Gasteiger partial charge in [0.15, 0.2) is 6.23 Å². The first-order chi connectivity index (χ1) is 8.11. The van der Waals surface area contributed by atoms with Crippen molar-refractivity contribution in [2.75, 3.05) is 19.8 Å². The number of aliphatic hydroxyl groups is 1. The lowest BCUT2D eigenvalue weighted by molar-refractivity contribution is -0.172. The molecule has 2 unspecified atom stereocenters. The Morgan fingerprint density at radius 1 is 1.47 bits per heavy atom. The zero-order valence-corrected chi connectivity index (χ0v) is 10.9. The molecule has 0 saturated carbocycles. The summed E-state index contributed by atoms with van der Waals surface area (Å²) in [4.78, 5) is 24.9. The van der Waals surface area contributed by atoms with E-state index in [0.717, 1.165) is 0 Å². The highest BCUT2D eigenvalue weighted by Crippen LogP contribution is 2.14. The summed E-state index contributed by atoms with van der Waals surface area (Å²) in [7, 11) is 0. The van der Waals surface area contributed by atoms with E-state index >= 15 is 0 Å². The molecule has 2 N–H and O–H groups in total. The second-order valence-electron chi connectivity index (χ2n) is 3.57. The van der Waals surface area contributed by atoms with E-state index in [4.69, 9.17) is 14.6 Å². The molecule has 7 nitrogen and oxygen atoms in total. The van der Waals surface area contributed by atoms with Crippen LogP contribution in [0.1, 0.15) is 6.23 Å². The average molecular weight is 354 g/mol. The molecule has 1 aliphatic rings. The zero-order chi connectivity index (χ0) is 12.4. The number of H-pyrrole nitrogens is 1. The summed E-state index contributed by atoms with van der Waals surface area (Å²) in [6, 6.07) is 0. The van der Waals surface area contributed by atoms with E-state index in [1.165, 1.54) is 10.8 Å². The molecule has 94 valence electrons. The minimum Gasteiger partial charge on any atom is -0.394 e. The van der Waals surface area contributed by atoms with Gasteiger partial charge in [0.05, 0.1) is 23.4 Å². The van der Waals surface area contributed by atoms with Crippen LogP contribution < -0.4 is 11.2 Å². The van der Waals surface area contributed by atoms with Crippen LogP contribution in [0.3, 0.4) is 0 Å². The monoisotopic (exact) mass is 354 g/mol. The number of halogens is 1. The second kappa shape index (κ2) is 5.29. The summed E-state index contributed by atoms with van der Waals surface area (Å²) < 4.78 is 12.4. The van der Waals surface area contributed by atoms with Crippen LogP contribution in [0.5, 0.6) is 0 Å². The molecule has 0 spiro atoms. The molecule has 8 heteroatoms. The third-order valence-corrected chi connectivity index (χ3v) is 3.16. The Labute approximate surface area is 110 Å². The van der Waals surface area contributed by atoms with Crippen molar-refractivity contribution in [2.24, 2.45) is 0 Å². The predicted molar refractivity (Wildman–Crippen MR) is 65.9 cm³/mol. The van der Waals surface area contributed by atoms with Crippen LogP contribution in [0.25, 0.3) is 0 Å². The Bertz CT molecular complexity index is 503. The highest BCUT2D eigenvalue weighted by molar-refractivity contribution is 14.1. The van der Waals surface area contributed by atoms with Gasteiger partial charge in [-0.3, -0.25) is 14.3 Å². The molecule has 1 aliphatic heterocycles. The molecule has 0 aromatic carbocycles. The Balaban J connectivity index is 2.22. The van der Waals surface area contributed by atoms with Gasteiger partial charge in [0.2, 0.25) is 0 Å². The van der Waals surface area contributed by atoms with Gasteiger partial charge in [0.1, 0.15) is 6.10 Å². The van der Waals surface area contributed by atoms with Crippen molar-refractivity contribution >= 4 is 22.6 Å². The van der Waals surface area contributed by atoms with Gasteiger partial charge < -0.3 is 14.6 Å². The largest absolute Gasteiger partial charge is 0.394 e. The smallest absolute Gasteiger partial charge is 0.330 e. The minimum absolute atomic E-state index is 0.120. The van der Waals surface area contributed by atoms with E-state index < -0.39 is 17.5 Å². The molecule has 17 heavy (non-hydrogen) atoms. The molecule has 2 atom stereocenters. The minimum atomic E-state index is -0.573. The molecule has 2 heterocycles. The number of ether oxygens (including phenoxy) is 2. The lowest BCUT2D eigenvalue weighted by Gasteiger charge is -2.29. The van der Waals surface area contributed by atoms with Gasteiger partial charge in [-0.15, -0.1) is 0 Å². The molecule has 0 bridgehead atoms. The average Bonchev–Trinajstić information content (AvgIpc) is 2.34. The molecule has 1 saturated heterocycles. The number of nitrogens with zero attached hydrogens (tertiary/aromatic N) is 1. The van der Waals surface area contributed by atoms with E-state index in [0.29, 0.717) is 3.57 Å². The molecule has 0 aliphatic carbocycles. The van der Waals surface area contributed by atoms with Crippen LogP contribution >= 0.6 is 22.6 Å². The lowest BCUT2D eigenvalue weighted by atomic mass is 10.3. The molecule has 1 aromatic rings. The van der Waals surface area contributed by atoms with Gasteiger partial charge in [-0.2, -0.15) is 0 Å². The van der Waals surface area contributed by atoms with Crippen LogP contribution in [-0.2, 0) is 9.47 Å². The van der Waals surface area contributed by atoms with E-state index in [-0.39, 0.29) is 25.9 Å². The van der Waals surface area contributed by atoms with Crippen LogP contribution in [0.2, 0.25) is 0 Å². The van der Waals surface area contributed by atoms with E-state index in [1.807, 2.05) is 22.6 Å². The maximum atomic E-state index is 11.6. The van der Waals surface area contributed by atoms with Crippen LogP contribution in [0.15, 0.2) is 15.8 Å². The van der Waals surface area contributed by atoms with Crippen molar-refractivity contribution in [1.29, 1.82) is 0 Å². The summed E-state index contributed by atoms with van der Waals surface area (Å²) in [5, 5.41) is 8.86. The number of hydrogen-bond acceptors (Lipinski definition) is 5. The van der Waals surface area contributed by atoms with Crippen LogP contribution in [0, 0.1) is 3.57 Å². The second-order valence-corrected chi connectivity index (χ2v) is 4.73. The number of aromatic nitrogens is 2. The van der Waals surface area contributed by atoms with E-state index in [9.17, 15) is 9.59 Å². The normalized spacial score (nSPS) is 24.8. The molecule has 0 amide bonds. The van der Waals surface area contributed by atoms with Crippen molar-refractivity contribution in [3.8, 4) is 0 Å². The van der Waals surface area contributed by atoms with Gasteiger partial charge in [-0.1, -0.05) is 0 Å². The van der Waals surface area contributed by atoms with Crippen molar-refractivity contribution in [3.05, 3.63) is 30.6 Å². The first kappa shape index (κ1) is 12.7. The van der Waals surface area contributed by atoms with Crippen molar-refractivity contribution in [3.63, 3.8) is 0 Å². The van der Waals surface area contributed by atoms with Gasteiger partial charge in [0, 0.05) is 6.20 Å². The van der Waals surface area contributed by atoms with Gasteiger partial charge >= 0.3 is 5.69 Å². The molecule has 1 aromatic heterocycles. The van der Waals surface area contributed by atoms with Gasteiger partial charge in [-0.05, 0) is 22.6 Å². The number of aliphatic hydroxyl groups excluding tert-OH is 1. The van der Waals surface area contributed by atoms with Crippen LogP contribution in [-0.4, -0.2) is 40.6 Å². The summed E-state index contributed by atoms with van der Waals surface area (Å²) in [6.07, 6.45) is 0.495. The Morgan fingerprint density at radius 2 is 2.24 bits per heavy atom. The summed E-state index contributed by atoms with van der Waals surface area (Å²) in [5.41, 5.74) is -0.955. The summed E-state index contributed by atoms with van der Waals surface area (Å²) >= 11 is 1.83. The third kappa shape index (κ3) is 2.76. The number of nitrogens with one attached hydrogen (secondary N) is 1. The predicted octanol–water partition coefficient (Wildman–Crippen LogP) is -0.952. The number of rotatable bonds is 2. The zero-order valence-electron chi connectivity index (χ0n) is 8.76. The Hall–Kier alpha value is -0.710. The summed E-state index contributed by atoms with van der Waals surface area (Å²) in [5.74, 6) is 0. The molecule has 2 rings (SSSR count). The molecular formula is C9H11IN2O5. The molecule has 1 fully saturated rings. The quantitative estimate of drug-likeness (QED) is 0.668. The summed E-state index contributed by atoms with van der Waals surface area (Å²) in [6.45, 7) is 0.251. The van der Waals surface area contributed by atoms with Crippen LogP contribution in [0.4, 0.5) is 0 Å². The fourth-order valence-corrected chi connectivity index (χ4v) is 1.91. The topological polar surface area (TPSA) is 93.6 Å². The van der Waals surface area contributed by atoms with E-state index in [1.54, 1.807) is 0 Å².